The Labute approximate surface area is 181 Å². The van der Waals surface area contributed by atoms with E-state index in [4.69, 9.17) is 0 Å². The van der Waals surface area contributed by atoms with Gasteiger partial charge in [0.15, 0.2) is 5.13 Å². The van der Waals surface area contributed by atoms with Gasteiger partial charge in [-0.2, -0.15) is 0 Å². The monoisotopic (exact) mass is 426 g/mol. The van der Waals surface area contributed by atoms with Crippen LogP contribution in [0.5, 0.6) is 0 Å². The molecule has 3 aromatic rings. The van der Waals surface area contributed by atoms with Crippen molar-refractivity contribution >= 4 is 33.4 Å². The molecule has 0 spiro atoms. The standard InChI is InChI=1S/C22H30N6OS/c1-3-4-6-17(13-16-14-24-18-7-5-8-23-20(16)18)26-21(29)19-15-25-22(30-19)28-11-9-27(2)10-12-28/h5,7-8,14-15,17,24H,3-4,6,9-13H2,1-2H3,(H,26,29). The van der Waals surface area contributed by atoms with Crippen LogP contribution in [0.4, 0.5) is 5.13 Å². The molecule has 0 bridgehead atoms. The first-order valence-electron chi connectivity index (χ1n) is 10.7. The number of H-pyrrole nitrogens is 1. The van der Waals surface area contributed by atoms with Crippen molar-refractivity contribution in [3.8, 4) is 0 Å². The summed E-state index contributed by atoms with van der Waals surface area (Å²) in [5.41, 5.74) is 3.17. The Morgan fingerprint density at radius 3 is 2.93 bits per heavy atom. The topological polar surface area (TPSA) is 77.1 Å². The van der Waals surface area contributed by atoms with Crippen molar-refractivity contribution in [3.05, 3.63) is 41.2 Å². The van der Waals surface area contributed by atoms with Gasteiger partial charge in [0.1, 0.15) is 4.88 Å². The zero-order valence-corrected chi connectivity index (χ0v) is 18.5. The Morgan fingerprint density at radius 1 is 1.30 bits per heavy atom. The molecule has 7 nitrogen and oxygen atoms in total. The van der Waals surface area contributed by atoms with Crippen LogP contribution in [0.3, 0.4) is 0 Å². The molecule has 4 rings (SSSR count). The van der Waals surface area contributed by atoms with Crippen molar-refractivity contribution in [3.63, 3.8) is 0 Å². The number of nitrogens with zero attached hydrogens (tertiary/aromatic N) is 4. The van der Waals surface area contributed by atoms with Crippen LogP contribution < -0.4 is 10.2 Å². The van der Waals surface area contributed by atoms with E-state index in [0.717, 1.165) is 73.6 Å². The average Bonchev–Trinajstić information content (AvgIpc) is 3.40. The van der Waals surface area contributed by atoms with E-state index in [1.807, 2.05) is 24.5 Å². The summed E-state index contributed by atoms with van der Waals surface area (Å²) < 4.78 is 0. The number of unbranched alkanes of at least 4 members (excludes halogenated alkanes) is 1. The minimum absolute atomic E-state index is 0.0261. The lowest BCUT2D eigenvalue weighted by Crippen LogP contribution is -2.44. The Kier molecular flexibility index (Phi) is 6.64. The summed E-state index contributed by atoms with van der Waals surface area (Å²) in [4.78, 5) is 30.6. The van der Waals surface area contributed by atoms with Crippen molar-refractivity contribution in [1.29, 1.82) is 0 Å². The number of anilines is 1. The molecule has 1 saturated heterocycles. The van der Waals surface area contributed by atoms with E-state index < -0.39 is 0 Å². The van der Waals surface area contributed by atoms with Gasteiger partial charge in [-0.3, -0.25) is 9.78 Å². The number of pyridine rings is 1. The van der Waals surface area contributed by atoms with Gasteiger partial charge in [0.25, 0.3) is 5.91 Å². The normalized spacial score (nSPS) is 16.1. The lowest BCUT2D eigenvalue weighted by Gasteiger charge is -2.32. The van der Waals surface area contributed by atoms with Crippen molar-refractivity contribution in [2.45, 2.75) is 38.6 Å². The maximum Gasteiger partial charge on any atom is 0.263 e. The van der Waals surface area contributed by atoms with Gasteiger partial charge in [0, 0.05) is 44.6 Å². The number of piperazine rings is 1. The number of likely N-dealkylation sites (N-methyl/N-ethyl adjacent to an activating group) is 1. The number of aromatic amines is 1. The number of fused-ring (bicyclic) bond motifs is 1. The Balaban J connectivity index is 1.43. The number of amides is 1. The van der Waals surface area contributed by atoms with Crippen LogP contribution in [-0.4, -0.2) is 65.0 Å². The maximum absolute atomic E-state index is 13.0. The molecule has 30 heavy (non-hydrogen) atoms. The second kappa shape index (κ2) is 9.57. The molecule has 1 unspecified atom stereocenters. The van der Waals surface area contributed by atoms with Crippen LogP contribution in [0, 0.1) is 0 Å². The molecule has 3 aromatic heterocycles. The summed E-state index contributed by atoms with van der Waals surface area (Å²) in [6.45, 7) is 6.14. The number of nitrogens with one attached hydrogen (secondary N) is 2. The highest BCUT2D eigenvalue weighted by Gasteiger charge is 2.21. The van der Waals surface area contributed by atoms with Gasteiger partial charge in [-0.25, -0.2) is 4.98 Å². The summed E-state index contributed by atoms with van der Waals surface area (Å²) in [7, 11) is 2.14. The first-order valence-corrected chi connectivity index (χ1v) is 11.6. The van der Waals surface area contributed by atoms with Crippen LogP contribution in [0.2, 0.25) is 0 Å². The minimum Gasteiger partial charge on any atom is -0.360 e. The van der Waals surface area contributed by atoms with Crippen LogP contribution in [-0.2, 0) is 6.42 Å². The van der Waals surface area contributed by atoms with Crippen molar-refractivity contribution in [2.75, 3.05) is 38.1 Å². The zero-order valence-electron chi connectivity index (χ0n) is 17.7. The van der Waals surface area contributed by atoms with Crippen molar-refractivity contribution in [2.24, 2.45) is 0 Å². The average molecular weight is 427 g/mol. The van der Waals surface area contributed by atoms with E-state index >= 15 is 0 Å². The van der Waals surface area contributed by atoms with Gasteiger partial charge in [-0.05, 0) is 37.6 Å². The first kappa shape index (κ1) is 20.8. The quantitative estimate of drug-likeness (QED) is 0.578. The predicted molar refractivity (Wildman–Crippen MR) is 122 cm³/mol. The lowest BCUT2D eigenvalue weighted by molar-refractivity contribution is 0.0938. The number of aromatic nitrogens is 3. The van der Waals surface area contributed by atoms with E-state index in [-0.39, 0.29) is 11.9 Å². The van der Waals surface area contributed by atoms with Gasteiger partial charge >= 0.3 is 0 Å². The molecular formula is C22H30N6OS. The fourth-order valence-corrected chi connectivity index (χ4v) is 4.75. The van der Waals surface area contributed by atoms with Crippen LogP contribution in [0.1, 0.15) is 41.4 Å². The van der Waals surface area contributed by atoms with Crippen LogP contribution in [0.15, 0.2) is 30.7 Å². The second-order valence-corrected chi connectivity index (χ2v) is 9.04. The molecule has 160 valence electrons. The highest BCUT2D eigenvalue weighted by molar-refractivity contribution is 7.17. The van der Waals surface area contributed by atoms with Crippen molar-refractivity contribution in [1.82, 2.24) is 25.2 Å². The fraction of sp³-hybridized carbons (Fsp3) is 0.500. The molecule has 8 heteroatoms. The highest BCUT2D eigenvalue weighted by atomic mass is 32.1. The largest absolute Gasteiger partial charge is 0.360 e. The van der Waals surface area contributed by atoms with Gasteiger partial charge in [0.2, 0.25) is 0 Å². The number of hydrogen-bond donors (Lipinski definition) is 2. The number of thiazole rings is 1. The Morgan fingerprint density at radius 2 is 2.13 bits per heavy atom. The molecule has 0 saturated carbocycles. The highest BCUT2D eigenvalue weighted by Crippen LogP contribution is 2.24. The third-order valence-electron chi connectivity index (χ3n) is 5.71. The molecule has 1 aliphatic rings. The first-order chi connectivity index (χ1) is 14.6. The Hall–Kier alpha value is -2.45. The molecule has 1 fully saturated rings. The molecule has 0 radical (unpaired) electrons. The van der Waals surface area contributed by atoms with Gasteiger partial charge < -0.3 is 20.1 Å². The van der Waals surface area contributed by atoms with E-state index in [0.29, 0.717) is 4.88 Å². The van der Waals surface area contributed by atoms with Gasteiger partial charge in [-0.15, -0.1) is 0 Å². The van der Waals surface area contributed by atoms with Crippen LogP contribution >= 0.6 is 11.3 Å². The van der Waals surface area contributed by atoms with Crippen molar-refractivity contribution < 1.29 is 4.79 Å². The molecule has 0 aromatic carbocycles. The molecule has 4 heterocycles. The minimum atomic E-state index is -0.0261. The van der Waals surface area contributed by atoms with Gasteiger partial charge in [-0.1, -0.05) is 31.1 Å². The zero-order chi connectivity index (χ0) is 20.9. The smallest absolute Gasteiger partial charge is 0.263 e. The molecule has 1 atom stereocenters. The lowest BCUT2D eigenvalue weighted by atomic mass is 10.0. The molecule has 0 aliphatic carbocycles. The summed E-state index contributed by atoms with van der Waals surface area (Å²) >= 11 is 1.49. The summed E-state index contributed by atoms with van der Waals surface area (Å²) in [5.74, 6) is -0.0261. The van der Waals surface area contributed by atoms with E-state index in [1.165, 1.54) is 11.3 Å². The summed E-state index contributed by atoms with van der Waals surface area (Å²) in [6, 6.07) is 4.04. The summed E-state index contributed by atoms with van der Waals surface area (Å²) in [6.07, 6.45) is 9.45. The number of hydrogen-bond acceptors (Lipinski definition) is 6. The molecule has 1 aliphatic heterocycles. The molecule has 1 amide bonds. The van der Waals surface area contributed by atoms with E-state index in [9.17, 15) is 4.79 Å². The maximum atomic E-state index is 13.0. The third kappa shape index (κ3) is 4.82. The molecule has 2 N–H and O–H groups in total. The number of rotatable bonds is 8. The number of carbonyl (C=O) groups excluding carboxylic acids is 1. The second-order valence-electron chi connectivity index (χ2n) is 8.03. The van der Waals surface area contributed by atoms with Gasteiger partial charge in [0.05, 0.1) is 17.2 Å². The number of carbonyl (C=O) groups is 1. The van der Waals surface area contributed by atoms with Crippen LogP contribution in [0.25, 0.3) is 11.0 Å². The van der Waals surface area contributed by atoms with E-state index in [2.05, 4.69) is 44.0 Å². The SMILES string of the molecule is CCCCC(Cc1c[nH]c2cccnc12)NC(=O)c1cnc(N2CCN(C)CC2)s1. The Bertz CT molecular complexity index is 975. The summed E-state index contributed by atoms with van der Waals surface area (Å²) in [5, 5.41) is 4.20. The van der Waals surface area contributed by atoms with E-state index in [1.54, 1.807) is 6.20 Å². The third-order valence-corrected chi connectivity index (χ3v) is 6.77. The molecular weight excluding hydrogens is 396 g/mol. The fourth-order valence-electron chi connectivity index (χ4n) is 3.88. The predicted octanol–water partition coefficient (Wildman–Crippen LogP) is 3.30.